The molecule has 0 fully saturated rings. The van der Waals surface area contributed by atoms with Gasteiger partial charge in [0.1, 0.15) is 11.9 Å². The van der Waals surface area contributed by atoms with Crippen LogP contribution in [0.4, 0.5) is 17.6 Å². The lowest BCUT2D eigenvalue weighted by molar-refractivity contribution is -0.140. The standard InChI is InChI=1S/C13H10F4N2O/c1-7-5-19-11(6-18-7)12(20)8-2-3-9(10(14)4-8)13(15,16)17/h2-6,12,20H,1H3. The number of aryl methyl sites for hydroxylation is 1. The highest BCUT2D eigenvalue weighted by atomic mass is 19.4. The Morgan fingerprint density at radius 3 is 2.35 bits per heavy atom. The van der Waals surface area contributed by atoms with Crippen molar-refractivity contribution >= 4 is 0 Å². The van der Waals surface area contributed by atoms with E-state index in [1.807, 2.05) is 0 Å². The normalized spacial score (nSPS) is 13.3. The van der Waals surface area contributed by atoms with Gasteiger partial charge in [-0.25, -0.2) is 4.39 Å². The van der Waals surface area contributed by atoms with Gasteiger partial charge in [0.2, 0.25) is 0 Å². The third-order valence-electron chi connectivity index (χ3n) is 2.70. The van der Waals surface area contributed by atoms with E-state index in [-0.39, 0.29) is 11.3 Å². The first-order valence-electron chi connectivity index (χ1n) is 5.62. The van der Waals surface area contributed by atoms with E-state index in [1.165, 1.54) is 12.4 Å². The van der Waals surface area contributed by atoms with E-state index in [2.05, 4.69) is 9.97 Å². The lowest BCUT2D eigenvalue weighted by Gasteiger charge is -2.13. The Balaban J connectivity index is 2.34. The molecule has 1 aromatic heterocycles. The van der Waals surface area contributed by atoms with Crippen molar-refractivity contribution < 1.29 is 22.7 Å². The number of hydrogen-bond acceptors (Lipinski definition) is 3. The second-order valence-electron chi connectivity index (χ2n) is 4.22. The SMILES string of the molecule is Cc1cnc(C(O)c2ccc(C(F)(F)F)c(F)c2)cn1. The van der Waals surface area contributed by atoms with Crippen LogP contribution in [0.1, 0.15) is 28.6 Å². The molecule has 0 bridgehead atoms. The molecule has 0 radical (unpaired) electrons. The summed E-state index contributed by atoms with van der Waals surface area (Å²) in [5.41, 5.74) is -0.633. The van der Waals surface area contributed by atoms with Crippen molar-refractivity contribution in [2.24, 2.45) is 0 Å². The highest BCUT2D eigenvalue weighted by Crippen LogP contribution is 2.33. The number of aliphatic hydroxyl groups is 1. The van der Waals surface area contributed by atoms with Gasteiger partial charge < -0.3 is 5.11 Å². The molecule has 0 aliphatic carbocycles. The van der Waals surface area contributed by atoms with Gasteiger partial charge in [-0.1, -0.05) is 6.07 Å². The minimum atomic E-state index is -4.77. The summed E-state index contributed by atoms with van der Waals surface area (Å²) in [7, 11) is 0. The summed E-state index contributed by atoms with van der Waals surface area (Å²) in [6.07, 6.45) is -3.41. The highest BCUT2D eigenvalue weighted by Gasteiger charge is 2.34. The minimum Gasteiger partial charge on any atom is -0.382 e. The average Bonchev–Trinajstić information content (AvgIpc) is 2.37. The molecule has 1 aromatic carbocycles. The Morgan fingerprint density at radius 1 is 1.15 bits per heavy atom. The fraction of sp³-hybridized carbons (Fsp3) is 0.231. The Kier molecular flexibility index (Phi) is 3.71. The number of nitrogens with zero attached hydrogens (tertiary/aromatic N) is 2. The van der Waals surface area contributed by atoms with Gasteiger partial charge >= 0.3 is 6.18 Å². The van der Waals surface area contributed by atoms with E-state index in [1.54, 1.807) is 6.92 Å². The van der Waals surface area contributed by atoms with Gasteiger partial charge in [-0.15, -0.1) is 0 Å². The number of alkyl halides is 3. The molecule has 1 heterocycles. The maximum atomic E-state index is 13.4. The molecule has 0 amide bonds. The zero-order chi connectivity index (χ0) is 14.9. The Bertz CT molecular complexity index is 611. The summed E-state index contributed by atoms with van der Waals surface area (Å²) in [6.45, 7) is 1.70. The lowest BCUT2D eigenvalue weighted by atomic mass is 10.0. The van der Waals surface area contributed by atoms with Crippen molar-refractivity contribution in [2.75, 3.05) is 0 Å². The zero-order valence-corrected chi connectivity index (χ0v) is 10.3. The maximum Gasteiger partial charge on any atom is 0.419 e. The Hall–Kier alpha value is -2.02. The summed E-state index contributed by atoms with van der Waals surface area (Å²) in [4.78, 5) is 7.81. The molecule has 0 aliphatic heterocycles. The van der Waals surface area contributed by atoms with Crippen LogP contribution in [0.15, 0.2) is 30.6 Å². The van der Waals surface area contributed by atoms with Crippen LogP contribution >= 0.6 is 0 Å². The second-order valence-corrected chi connectivity index (χ2v) is 4.22. The third-order valence-corrected chi connectivity index (χ3v) is 2.70. The van der Waals surface area contributed by atoms with Crippen LogP contribution in [0.2, 0.25) is 0 Å². The van der Waals surface area contributed by atoms with E-state index >= 15 is 0 Å². The number of benzene rings is 1. The second kappa shape index (κ2) is 5.16. The molecular formula is C13H10F4N2O. The molecule has 1 unspecified atom stereocenters. The van der Waals surface area contributed by atoms with Crippen LogP contribution in [0.3, 0.4) is 0 Å². The molecule has 3 nitrogen and oxygen atoms in total. The van der Waals surface area contributed by atoms with E-state index in [4.69, 9.17) is 0 Å². The molecule has 106 valence electrons. The number of hydrogen-bond donors (Lipinski definition) is 1. The Morgan fingerprint density at radius 2 is 1.85 bits per heavy atom. The van der Waals surface area contributed by atoms with E-state index in [9.17, 15) is 22.7 Å². The van der Waals surface area contributed by atoms with E-state index < -0.39 is 23.7 Å². The van der Waals surface area contributed by atoms with Crippen LogP contribution in [0.25, 0.3) is 0 Å². The van der Waals surface area contributed by atoms with Gasteiger partial charge in [-0.2, -0.15) is 13.2 Å². The summed E-state index contributed by atoms with van der Waals surface area (Å²) >= 11 is 0. The number of aromatic nitrogens is 2. The molecule has 2 aromatic rings. The highest BCUT2D eigenvalue weighted by molar-refractivity contribution is 5.31. The van der Waals surface area contributed by atoms with Gasteiger partial charge in [0.15, 0.2) is 0 Å². The average molecular weight is 286 g/mol. The largest absolute Gasteiger partial charge is 0.419 e. The monoisotopic (exact) mass is 286 g/mol. The van der Waals surface area contributed by atoms with Gasteiger partial charge in [0.25, 0.3) is 0 Å². The summed E-state index contributed by atoms with van der Waals surface area (Å²) < 4.78 is 50.7. The van der Waals surface area contributed by atoms with Gasteiger partial charge in [-0.3, -0.25) is 9.97 Å². The topological polar surface area (TPSA) is 46.0 Å². The molecule has 0 aliphatic rings. The first-order valence-corrected chi connectivity index (χ1v) is 5.62. The predicted molar refractivity (Wildman–Crippen MR) is 62.2 cm³/mol. The van der Waals surface area contributed by atoms with Gasteiger partial charge in [0, 0.05) is 6.20 Å². The zero-order valence-electron chi connectivity index (χ0n) is 10.3. The lowest BCUT2D eigenvalue weighted by Crippen LogP contribution is -2.10. The van der Waals surface area contributed by atoms with Crippen molar-refractivity contribution in [3.8, 4) is 0 Å². The van der Waals surface area contributed by atoms with Crippen molar-refractivity contribution in [1.29, 1.82) is 0 Å². The summed E-state index contributed by atoms with van der Waals surface area (Å²) in [6, 6.07) is 2.25. The Labute approximate surface area is 111 Å². The van der Waals surface area contributed by atoms with Crippen molar-refractivity contribution in [3.05, 3.63) is 58.9 Å². The molecule has 0 saturated carbocycles. The fourth-order valence-electron chi connectivity index (χ4n) is 1.65. The first kappa shape index (κ1) is 14.4. The first-order chi connectivity index (χ1) is 9.29. The predicted octanol–water partition coefficient (Wildman–Crippen LogP) is 3.02. The van der Waals surface area contributed by atoms with Crippen LogP contribution in [0.5, 0.6) is 0 Å². The molecule has 0 spiro atoms. The third kappa shape index (κ3) is 2.93. The molecule has 1 N–H and O–H groups in total. The van der Waals surface area contributed by atoms with Gasteiger partial charge in [0.05, 0.1) is 23.1 Å². The maximum absolute atomic E-state index is 13.4. The molecule has 20 heavy (non-hydrogen) atoms. The molecular weight excluding hydrogens is 276 g/mol. The van der Waals surface area contributed by atoms with Crippen molar-refractivity contribution in [3.63, 3.8) is 0 Å². The van der Waals surface area contributed by atoms with Crippen LogP contribution in [-0.4, -0.2) is 15.1 Å². The van der Waals surface area contributed by atoms with E-state index in [0.717, 1.165) is 6.07 Å². The van der Waals surface area contributed by atoms with Crippen molar-refractivity contribution in [2.45, 2.75) is 19.2 Å². The van der Waals surface area contributed by atoms with E-state index in [0.29, 0.717) is 17.8 Å². The summed E-state index contributed by atoms with van der Waals surface area (Å²) in [5.74, 6) is -1.44. The summed E-state index contributed by atoms with van der Waals surface area (Å²) in [5, 5.41) is 9.95. The molecule has 1 atom stereocenters. The quantitative estimate of drug-likeness (QED) is 0.863. The molecule has 0 saturated heterocycles. The molecule has 2 rings (SSSR count). The van der Waals surface area contributed by atoms with Gasteiger partial charge in [-0.05, 0) is 24.6 Å². The molecule has 7 heteroatoms. The fourth-order valence-corrected chi connectivity index (χ4v) is 1.65. The number of aliphatic hydroxyl groups excluding tert-OH is 1. The van der Waals surface area contributed by atoms with Crippen molar-refractivity contribution in [1.82, 2.24) is 9.97 Å². The van der Waals surface area contributed by atoms with Crippen LogP contribution < -0.4 is 0 Å². The van der Waals surface area contributed by atoms with Crippen LogP contribution in [0, 0.1) is 12.7 Å². The smallest absolute Gasteiger partial charge is 0.382 e. The number of halogens is 4. The number of rotatable bonds is 2. The van der Waals surface area contributed by atoms with Crippen LogP contribution in [-0.2, 0) is 6.18 Å². The minimum absolute atomic E-state index is 0.0198.